The van der Waals surface area contributed by atoms with Crippen molar-refractivity contribution in [1.82, 2.24) is 0 Å². The van der Waals surface area contributed by atoms with Gasteiger partial charge in [0, 0.05) is 27.5 Å². The molecule has 17 heavy (non-hydrogen) atoms. The highest BCUT2D eigenvalue weighted by atomic mass is 32.2. The molecule has 0 saturated carbocycles. The number of benzene rings is 2. The van der Waals surface area contributed by atoms with Gasteiger partial charge < -0.3 is 10.8 Å². The van der Waals surface area contributed by atoms with Gasteiger partial charge in [-0.2, -0.15) is 0 Å². The fourth-order valence-electron chi connectivity index (χ4n) is 1.62. The van der Waals surface area contributed by atoms with Crippen LogP contribution in [-0.4, -0.2) is 15.6 Å². The molecule has 0 saturated heterocycles. The van der Waals surface area contributed by atoms with E-state index in [1.165, 1.54) is 0 Å². The summed E-state index contributed by atoms with van der Waals surface area (Å²) in [5, 5.41) is 9.84. The first-order valence-corrected chi connectivity index (χ1v) is 6.66. The molecule has 2 aromatic carbocycles. The Labute approximate surface area is 102 Å². The van der Waals surface area contributed by atoms with Gasteiger partial charge in [0.15, 0.2) is 0 Å². The molecule has 0 spiro atoms. The van der Waals surface area contributed by atoms with Crippen molar-refractivity contribution < 1.29 is 9.32 Å². The molecule has 4 heteroatoms. The normalized spacial score (nSPS) is 12.3. The van der Waals surface area contributed by atoms with Crippen molar-refractivity contribution >= 4 is 16.5 Å². The van der Waals surface area contributed by atoms with Crippen LogP contribution in [0.1, 0.15) is 0 Å². The molecule has 0 fully saturated rings. The SMILES string of the molecule is CS(=O)c1ccc(-c2cccc(N)c2O)cc1. The average Bonchev–Trinajstić information content (AvgIpc) is 2.33. The van der Waals surface area contributed by atoms with Gasteiger partial charge in [-0.05, 0) is 23.8 Å². The van der Waals surface area contributed by atoms with E-state index in [1.807, 2.05) is 12.1 Å². The molecule has 0 aliphatic heterocycles. The van der Waals surface area contributed by atoms with Crippen LogP contribution in [0.15, 0.2) is 47.4 Å². The molecular weight excluding hydrogens is 234 g/mol. The van der Waals surface area contributed by atoms with Gasteiger partial charge in [-0.15, -0.1) is 0 Å². The molecular formula is C13H13NO2S. The summed E-state index contributed by atoms with van der Waals surface area (Å²) in [6, 6.07) is 12.5. The van der Waals surface area contributed by atoms with Crippen LogP contribution in [0.3, 0.4) is 0 Å². The average molecular weight is 247 g/mol. The van der Waals surface area contributed by atoms with Crippen LogP contribution in [0, 0.1) is 0 Å². The largest absolute Gasteiger partial charge is 0.505 e. The highest BCUT2D eigenvalue weighted by molar-refractivity contribution is 7.84. The predicted molar refractivity (Wildman–Crippen MR) is 70.3 cm³/mol. The smallest absolute Gasteiger partial charge is 0.146 e. The first-order valence-electron chi connectivity index (χ1n) is 5.11. The summed E-state index contributed by atoms with van der Waals surface area (Å²) in [6.07, 6.45) is 1.63. The molecule has 1 unspecified atom stereocenters. The highest BCUT2D eigenvalue weighted by Crippen LogP contribution is 2.33. The van der Waals surface area contributed by atoms with E-state index in [0.29, 0.717) is 11.3 Å². The zero-order valence-corrected chi connectivity index (χ0v) is 10.2. The van der Waals surface area contributed by atoms with Crippen LogP contribution in [-0.2, 0) is 10.8 Å². The van der Waals surface area contributed by atoms with E-state index in [4.69, 9.17) is 5.73 Å². The monoisotopic (exact) mass is 247 g/mol. The molecule has 2 rings (SSSR count). The number of phenols is 1. The van der Waals surface area contributed by atoms with Gasteiger partial charge in [-0.1, -0.05) is 24.3 Å². The summed E-state index contributed by atoms with van der Waals surface area (Å²) in [6.45, 7) is 0. The number of nitrogen functional groups attached to an aromatic ring is 1. The Morgan fingerprint density at radius 1 is 1.12 bits per heavy atom. The molecule has 3 nitrogen and oxygen atoms in total. The summed E-state index contributed by atoms with van der Waals surface area (Å²) in [4.78, 5) is 0.761. The third-order valence-corrected chi connectivity index (χ3v) is 3.50. The molecule has 0 radical (unpaired) electrons. The van der Waals surface area contributed by atoms with E-state index in [1.54, 1.807) is 36.6 Å². The summed E-state index contributed by atoms with van der Waals surface area (Å²) in [7, 11) is -0.991. The van der Waals surface area contributed by atoms with E-state index in [9.17, 15) is 9.32 Å². The summed E-state index contributed by atoms with van der Waals surface area (Å²) >= 11 is 0. The molecule has 3 N–H and O–H groups in total. The third kappa shape index (κ3) is 2.31. The zero-order chi connectivity index (χ0) is 12.4. The van der Waals surface area contributed by atoms with Gasteiger partial charge in [0.25, 0.3) is 0 Å². The van der Waals surface area contributed by atoms with Crippen LogP contribution in [0.5, 0.6) is 5.75 Å². The molecule has 1 atom stereocenters. The minimum absolute atomic E-state index is 0.0814. The number of para-hydroxylation sites is 1. The third-order valence-electron chi connectivity index (χ3n) is 2.56. The number of phenolic OH excluding ortho intramolecular Hbond substituents is 1. The number of hydrogen-bond donors (Lipinski definition) is 2. The van der Waals surface area contributed by atoms with E-state index < -0.39 is 10.8 Å². The second kappa shape index (κ2) is 4.59. The molecule has 0 aliphatic carbocycles. The number of anilines is 1. The van der Waals surface area contributed by atoms with Crippen LogP contribution >= 0.6 is 0 Å². The zero-order valence-electron chi connectivity index (χ0n) is 9.38. The fraction of sp³-hybridized carbons (Fsp3) is 0.0769. The molecule has 0 heterocycles. The molecule has 0 aromatic heterocycles. The molecule has 88 valence electrons. The van der Waals surface area contributed by atoms with Crippen molar-refractivity contribution in [3.05, 3.63) is 42.5 Å². The Bertz CT molecular complexity index is 564. The lowest BCUT2D eigenvalue weighted by molar-refractivity contribution is 0.480. The van der Waals surface area contributed by atoms with Gasteiger partial charge in [0.1, 0.15) is 5.75 Å². The molecule has 2 aromatic rings. The maximum absolute atomic E-state index is 11.3. The predicted octanol–water partition coefficient (Wildman–Crippen LogP) is 2.38. The number of rotatable bonds is 2. The minimum atomic E-state index is -0.991. The standard InChI is InChI=1S/C13H13NO2S/c1-17(16)10-7-5-9(6-8-10)11-3-2-4-12(14)13(11)15/h2-8,15H,14H2,1H3. The van der Waals surface area contributed by atoms with Gasteiger partial charge >= 0.3 is 0 Å². The Morgan fingerprint density at radius 3 is 2.35 bits per heavy atom. The van der Waals surface area contributed by atoms with Crippen molar-refractivity contribution in [2.75, 3.05) is 12.0 Å². The highest BCUT2D eigenvalue weighted by Gasteiger charge is 2.07. The minimum Gasteiger partial charge on any atom is -0.505 e. The Kier molecular flexibility index (Phi) is 3.15. The van der Waals surface area contributed by atoms with Crippen molar-refractivity contribution in [1.29, 1.82) is 0 Å². The molecule has 0 aliphatic rings. The lowest BCUT2D eigenvalue weighted by Gasteiger charge is -2.07. The first-order chi connectivity index (χ1) is 8.09. The van der Waals surface area contributed by atoms with E-state index in [0.717, 1.165) is 10.5 Å². The van der Waals surface area contributed by atoms with E-state index in [2.05, 4.69) is 0 Å². The number of aromatic hydroxyl groups is 1. The Morgan fingerprint density at radius 2 is 1.76 bits per heavy atom. The van der Waals surface area contributed by atoms with Crippen molar-refractivity contribution in [2.45, 2.75) is 4.90 Å². The van der Waals surface area contributed by atoms with Gasteiger partial charge in [-0.25, -0.2) is 0 Å². The second-order valence-electron chi connectivity index (χ2n) is 3.72. The van der Waals surface area contributed by atoms with E-state index >= 15 is 0 Å². The van der Waals surface area contributed by atoms with Crippen LogP contribution in [0.2, 0.25) is 0 Å². The molecule has 0 bridgehead atoms. The fourth-order valence-corrected chi connectivity index (χ4v) is 2.14. The lowest BCUT2D eigenvalue weighted by Crippen LogP contribution is -1.89. The quantitative estimate of drug-likeness (QED) is 0.632. The summed E-state index contributed by atoms with van der Waals surface area (Å²) in [5.41, 5.74) is 7.52. The van der Waals surface area contributed by atoms with Gasteiger partial charge in [0.05, 0.1) is 5.69 Å². The van der Waals surface area contributed by atoms with Crippen LogP contribution in [0.4, 0.5) is 5.69 Å². The molecule has 0 amide bonds. The summed E-state index contributed by atoms with van der Waals surface area (Å²) < 4.78 is 11.3. The summed E-state index contributed by atoms with van der Waals surface area (Å²) in [5.74, 6) is 0.0814. The maximum atomic E-state index is 11.3. The van der Waals surface area contributed by atoms with Gasteiger partial charge in [0.2, 0.25) is 0 Å². The second-order valence-corrected chi connectivity index (χ2v) is 5.10. The van der Waals surface area contributed by atoms with Crippen molar-refractivity contribution in [2.24, 2.45) is 0 Å². The maximum Gasteiger partial charge on any atom is 0.146 e. The topological polar surface area (TPSA) is 63.3 Å². The number of hydrogen-bond acceptors (Lipinski definition) is 3. The number of nitrogens with two attached hydrogens (primary N) is 1. The van der Waals surface area contributed by atoms with Gasteiger partial charge in [-0.3, -0.25) is 4.21 Å². The first kappa shape index (κ1) is 11.7. The van der Waals surface area contributed by atoms with Crippen LogP contribution < -0.4 is 5.73 Å². The van der Waals surface area contributed by atoms with E-state index in [-0.39, 0.29) is 5.75 Å². The van der Waals surface area contributed by atoms with Crippen molar-refractivity contribution in [3.8, 4) is 16.9 Å². The van der Waals surface area contributed by atoms with Crippen molar-refractivity contribution in [3.63, 3.8) is 0 Å². The Balaban J connectivity index is 2.47. The Hall–Kier alpha value is -1.81. The van der Waals surface area contributed by atoms with Crippen LogP contribution in [0.25, 0.3) is 11.1 Å². The lowest BCUT2D eigenvalue weighted by atomic mass is 10.0.